The van der Waals surface area contributed by atoms with Gasteiger partial charge >= 0.3 is 0 Å². The SMILES string of the molecule is CN1CCC2CCC3(CC3)C21C(C)(C)C. The van der Waals surface area contributed by atoms with Crippen LogP contribution in [-0.4, -0.2) is 24.0 Å². The molecule has 1 saturated heterocycles. The minimum Gasteiger partial charge on any atom is -0.299 e. The van der Waals surface area contributed by atoms with Gasteiger partial charge in [-0.15, -0.1) is 0 Å². The lowest BCUT2D eigenvalue weighted by atomic mass is 9.62. The van der Waals surface area contributed by atoms with Crippen LogP contribution in [0.4, 0.5) is 0 Å². The summed E-state index contributed by atoms with van der Waals surface area (Å²) in [5.74, 6) is 0.991. The van der Waals surface area contributed by atoms with E-state index < -0.39 is 0 Å². The van der Waals surface area contributed by atoms with Crippen molar-refractivity contribution in [1.29, 1.82) is 0 Å². The van der Waals surface area contributed by atoms with Gasteiger partial charge in [-0.25, -0.2) is 0 Å². The molecule has 2 saturated carbocycles. The van der Waals surface area contributed by atoms with Crippen LogP contribution in [0.25, 0.3) is 0 Å². The summed E-state index contributed by atoms with van der Waals surface area (Å²) in [6.45, 7) is 8.78. The summed E-state index contributed by atoms with van der Waals surface area (Å²) in [5, 5.41) is 0. The molecule has 1 heteroatoms. The highest BCUT2D eigenvalue weighted by Gasteiger charge is 2.72. The fourth-order valence-electron chi connectivity index (χ4n) is 5.64. The van der Waals surface area contributed by atoms with E-state index >= 15 is 0 Å². The average molecular weight is 207 g/mol. The van der Waals surface area contributed by atoms with E-state index in [1.165, 1.54) is 38.6 Å². The summed E-state index contributed by atoms with van der Waals surface area (Å²) >= 11 is 0. The lowest BCUT2D eigenvalue weighted by Crippen LogP contribution is -2.58. The first-order valence-corrected chi connectivity index (χ1v) is 6.65. The highest BCUT2D eigenvalue weighted by atomic mass is 15.3. The summed E-state index contributed by atoms with van der Waals surface area (Å²) in [4.78, 5) is 2.73. The molecular weight excluding hydrogens is 182 g/mol. The van der Waals surface area contributed by atoms with Crippen molar-refractivity contribution in [2.24, 2.45) is 16.7 Å². The number of rotatable bonds is 0. The maximum absolute atomic E-state index is 2.73. The Labute approximate surface area is 94.2 Å². The largest absolute Gasteiger partial charge is 0.299 e. The van der Waals surface area contributed by atoms with E-state index in [9.17, 15) is 0 Å². The van der Waals surface area contributed by atoms with Gasteiger partial charge in [-0.3, -0.25) is 4.90 Å². The molecule has 1 spiro atoms. The number of hydrogen-bond acceptors (Lipinski definition) is 1. The van der Waals surface area contributed by atoms with Gasteiger partial charge in [0.15, 0.2) is 0 Å². The first-order chi connectivity index (χ1) is 6.94. The molecule has 1 heterocycles. The van der Waals surface area contributed by atoms with Crippen molar-refractivity contribution in [1.82, 2.24) is 4.90 Å². The average Bonchev–Trinajstić information content (AvgIpc) is 2.67. The van der Waals surface area contributed by atoms with Crippen LogP contribution in [0.5, 0.6) is 0 Å². The Hall–Kier alpha value is -0.0400. The van der Waals surface area contributed by atoms with Gasteiger partial charge in [-0.2, -0.15) is 0 Å². The lowest BCUT2D eigenvalue weighted by molar-refractivity contribution is -0.0244. The second-order valence-electron chi connectivity index (χ2n) is 7.24. The van der Waals surface area contributed by atoms with E-state index in [-0.39, 0.29) is 0 Å². The van der Waals surface area contributed by atoms with Gasteiger partial charge in [-0.05, 0) is 62.4 Å². The Balaban J connectivity index is 2.12. The molecule has 2 unspecified atom stereocenters. The molecule has 3 fully saturated rings. The maximum Gasteiger partial charge on any atom is 0.0339 e. The lowest BCUT2D eigenvalue weighted by Gasteiger charge is -2.52. The molecule has 0 bridgehead atoms. The third-order valence-electron chi connectivity index (χ3n) is 5.78. The van der Waals surface area contributed by atoms with Gasteiger partial charge in [0, 0.05) is 5.54 Å². The molecule has 2 atom stereocenters. The zero-order valence-electron chi connectivity index (χ0n) is 10.8. The summed E-state index contributed by atoms with van der Waals surface area (Å²) in [6.07, 6.45) is 7.48. The molecule has 1 nitrogen and oxygen atoms in total. The third-order valence-corrected chi connectivity index (χ3v) is 5.78. The quantitative estimate of drug-likeness (QED) is 0.589. The fourth-order valence-corrected chi connectivity index (χ4v) is 5.64. The van der Waals surface area contributed by atoms with E-state index in [0.717, 1.165) is 11.3 Å². The number of likely N-dealkylation sites (tertiary alicyclic amines) is 1. The minimum absolute atomic E-state index is 0.454. The standard InChI is InChI=1S/C14H25N/c1-12(2,3)14-11(6-10-15(14)4)5-7-13(14)8-9-13/h11H,5-10H2,1-4H3. The van der Waals surface area contributed by atoms with Crippen molar-refractivity contribution in [3.63, 3.8) is 0 Å². The number of nitrogens with zero attached hydrogens (tertiary/aromatic N) is 1. The smallest absolute Gasteiger partial charge is 0.0339 e. The van der Waals surface area contributed by atoms with Gasteiger partial charge in [0.05, 0.1) is 0 Å². The van der Waals surface area contributed by atoms with Crippen molar-refractivity contribution in [3.05, 3.63) is 0 Å². The summed E-state index contributed by atoms with van der Waals surface area (Å²) in [5.41, 5.74) is 1.72. The van der Waals surface area contributed by atoms with Crippen LogP contribution < -0.4 is 0 Å². The monoisotopic (exact) mass is 207 g/mol. The Bertz CT molecular complexity index is 284. The summed E-state index contributed by atoms with van der Waals surface area (Å²) < 4.78 is 0. The van der Waals surface area contributed by atoms with E-state index in [2.05, 4.69) is 32.7 Å². The van der Waals surface area contributed by atoms with Gasteiger partial charge in [0.2, 0.25) is 0 Å². The van der Waals surface area contributed by atoms with Crippen LogP contribution in [0.2, 0.25) is 0 Å². The zero-order chi connectivity index (χ0) is 10.9. The van der Waals surface area contributed by atoms with Crippen molar-refractivity contribution >= 4 is 0 Å². The number of hydrogen-bond donors (Lipinski definition) is 0. The van der Waals surface area contributed by atoms with Crippen molar-refractivity contribution < 1.29 is 0 Å². The van der Waals surface area contributed by atoms with E-state index in [4.69, 9.17) is 0 Å². The van der Waals surface area contributed by atoms with Gasteiger partial charge in [0.25, 0.3) is 0 Å². The van der Waals surface area contributed by atoms with Crippen molar-refractivity contribution in [3.8, 4) is 0 Å². The number of fused-ring (bicyclic) bond motifs is 2. The van der Waals surface area contributed by atoms with Crippen molar-refractivity contribution in [2.75, 3.05) is 13.6 Å². The Morgan fingerprint density at radius 1 is 1.07 bits per heavy atom. The van der Waals surface area contributed by atoms with E-state index in [1.54, 1.807) is 0 Å². The molecule has 2 aliphatic carbocycles. The first kappa shape index (κ1) is 10.1. The fraction of sp³-hybridized carbons (Fsp3) is 1.00. The Kier molecular flexibility index (Phi) is 1.77. The molecule has 15 heavy (non-hydrogen) atoms. The molecule has 0 N–H and O–H groups in total. The highest BCUT2D eigenvalue weighted by Crippen LogP contribution is 2.73. The molecule has 0 amide bonds. The van der Waals surface area contributed by atoms with Gasteiger partial charge in [0.1, 0.15) is 0 Å². The molecular formula is C14H25N. The Morgan fingerprint density at radius 3 is 2.27 bits per heavy atom. The molecule has 1 aliphatic heterocycles. The van der Waals surface area contributed by atoms with Gasteiger partial charge < -0.3 is 0 Å². The predicted molar refractivity (Wildman–Crippen MR) is 63.8 cm³/mol. The first-order valence-electron chi connectivity index (χ1n) is 6.65. The van der Waals surface area contributed by atoms with Crippen molar-refractivity contribution in [2.45, 2.75) is 58.4 Å². The second-order valence-corrected chi connectivity index (χ2v) is 7.24. The van der Waals surface area contributed by atoms with E-state index in [1.807, 2.05) is 0 Å². The zero-order valence-corrected chi connectivity index (χ0v) is 10.8. The highest BCUT2D eigenvalue weighted by molar-refractivity contribution is 5.25. The second kappa shape index (κ2) is 2.61. The summed E-state index contributed by atoms with van der Waals surface area (Å²) in [6, 6.07) is 0. The van der Waals surface area contributed by atoms with Crippen LogP contribution in [0.1, 0.15) is 52.9 Å². The van der Waals surface area contributed by atoms with Crippen LogP contribution in [0.15, 0.2) is 0 Å². The molecule has 0 radical (unpaired) electrons. The topological polar surface area (TPSA) is 3.24 Å². The maximum atomic E-state index is 2.73. The molecule has 0 aromatic rings. The third kappa shape index (κ3) is 0.945. The van der Waals surface area contributed by atoms with Crippen LogP contribution in [-0.2, 0) is 0 Å². The molecule has 3 aliphatic rings. The van der Waals surface area contributed by atoms with Crippen LogP contribution in [0.3, 0.4) is 0 Å². The predicted octanol–water partition coefficient (Wildman–Crippen LogP) is 3.30. The van der Waals surface area contributed by atoms with Crippen LogP contribution in [0, 0.1) is 16.7 Å². The Morgan fingerprint density at radius 2 is 1.73 bits per heavy atom. The van der Waals surface area contributed by atoms with Gasteiger partial charge in [-0.1, -0.05) is 20.8 Å². The normalized spacial score (nSPS) is 43.6. The van der Waals surface area contributed by atoms with E-state index in [0.29, 0.717) is 11.0 Å². The minimum atomic E-state index is 0.454. The molecule has 86 valence electrons. The molecule has 3 rings (SSSR count). The molecule has 0 aromatic carbocycles. The summed E-state index contributed by atoms with van der Waals surface area (Å²) in [7, 11) is 2.39. The van der Waals surface area contributed by atoms with Crippen LogP contribution >= 0.6 is 0 Å². The molecule has 0 aromatic heterocycles.